The van der Waals surface area contributed by atoms with E-state index in [9.17, 15) is 4.79 Å². The fourth-order valence-electron chi connectivity index (χ4n) is 2.24. The molecule has 1 heterocycles. The number of ether oxygens (including phenoxy) is 1. The van der Waals surface area contributed by atoms with Gasteiger partial charge in [0.25, 0.3) is 0 Å². The number of unbranched alkanes of at least 4 members (excludes halogenated alkanes) is 1. The zero-order valence-corrected chi connectivity index (χ0v) is 15.4. The van der Waals surface area contributed by atoms with Crippen LogP contribution in [0.1, 0.15) is 42.0 Å². The second-order valence-corrected chi connectivity index (χ2v) is 5.69. The number of benzene rings is 1. The van der Waals surface area contributed by atoms with E-state index in [1.807, 2.05) is 56.5 Å². The summed E-state index contributed by atoms with van der Waals surface area (Å²) in [7, 11) is 3.28. The monoisotopic (exact) mass is 349 g/mol. The molecule has 0 aliphatic rings. The molecule has 1 aromatic heterocycles. The summed E-state index contributed by atoms with van der Waals surface area (Å²) < 4.78 is 4.60. The third-order valence-corrected chi connectivity index (χ3v) is 3.63. The molecule has 0 bridgehead atoms. The van der Waals surface area contributed by atoms with E-state index in [1.165, 1.54) is 7.11 Å². The van der Waals surface area contributed by atoms with E-state index in [4.69, 9.17) is 0 Å². The summed E-state index contributed by atoms with van der Waals surface area (Å²) >= 11 is 0. The molecule has 0 fully saturated rings. The lowest BCUT2D eigenvalue weighted by atomic mass is 10.2. The minimum atomic E-state index is -0.214. The van der Waals surface area contributed by atoms with E-state index >= 15 is 0 Å². The first-order valence-corrected chi connectivity index (χ1v) is 8.48. The van der Waals surface area contributed by atoms with Crippen LogP contribution < -0.4 is 5.32 Å². The maximum atomic E-state index is 11.1. The molecule has 0 saturated heterocycles. The number of carbonyl (C=O) groups excluding carboxylic acids is 1. The van der Waals surface area contributed by atoms with Crippen LogP contribution in [0.15, 0.2) is 30.3 Å². The summed E-state index contributed by atoms with van der Waals surface area (Å²) in [6, 6.07) is 10.0. The summed E-state index contributed by atoms with van der Waals surface area (Å²) in [4.78, 5) is 19.9. The number of hydrogen-bond donors (Lipinski definition) is 1. The number of esters is 1. The van der Waals surface area contributed by atoms with Gasteiger partial charge in [-0.1, -0.05) is 24.1 Å². The molecule has 0 spiro atoms. The molecule has 0 aliphatic heterocycles. The van der Waals surface area contributed by atoms with Crippen molar-refractivity contribution >= 4 is 23.8 Å². The first-order valence-electron chi connectivity index (χ1n) is 8.48. The number of aryl methyl sites for hydroxylation is 1. The number of anilines is 1. The Bertz CT molecular complexity index is 831. The predicted octanol–water partition coefficient (Wildman–Crippen LogP) is 3.69. The lowest BCUT2D eigenvalue weighted by molar-refractivity contribution is -0.140. The fourth-order valence-corrected chi connectivity index (χ4v) is 2.24. The molecule has 2 rings (SSSR count). The van der Waals surface area contributed by atoms with E-state index < -0.39 is 0 Å². The van der Waals surface area contributed by atoms with Crippen molar-refractivity contribution in [1.29, 1.82) is 0 Å². The Kier molecular flexibility index (Phi) is 7.38. The number of carbonyl (C=O) groups is 1. The number of aromatic nitrogens is 2. The Morgan fingerprint density at radius 3 is 2.69 bits per heavy atom. The maximum absolute atomic E-state index is 11.1. The van der Waals surface area contributed by atoms with Gasteiger partial charge in [0.05, 0.1) is 12.8 Å². The van der Waals surface area contributed by atoms with Gasteiger partial charge in [-0.3, -0.25) is 4.79 Å². The Hall–Kier alpha value is -3.13. The lowest BCUT2D eigenvalue weighted by Gasteiger charge is -2.00. The van der Waals surface area contributed by atoms with Crippen molar-refractivity contribution in [3.63, 3.8) is 0 Å². The minimum Gasteiger partial charge on any atom is -0.469 e. The standard InChI is InChI=1S/C21H23N3O2/c1-16-15-19(14-11-17-9-12-18(22-2)13-10-17)24-20(23-16)7-5-4-6-8-21(25)26-3/h9-15,22H,4,6,8H2,1-3H3/b14-11+. The zero-order chi connectivity index (χ0) is 18.8. The van der Waals surface area contributed by atoms with E-state index in [2.05, 4.69) is 31.9 Å². The largest absolute Gasteiger partial charge is 0.469 e. The molecule has 0 unspecified atom stereocenters. The van der Waals surface area contributed by atoms with Gasteiger partial charge < -0.3 is 10.1 Å². The molecule has 26 heavy (non-hydrogen) atoms. The van der Waals surface area contributed by atoms with Crippen LogP contribution in [-0.2, 0) is 9.53 Å². The third kappa shape index (κ3) is 6.40. The molecule has 0 atom stereocenters. The number of rotatable bonds is 6. The number of methoxy groups -OCH3 is 1. The van der Waals surface area contributed by atoms with Gasteiger partial charge in [0.15, 0.2) is 0 Å². The van der Waals surface area contributed by atoms with E-state index in [1.54, 1.807) is 0 Å². The summed E-state index contributed by atoms with van der Waals surface area (Å²) in [5.41, 5.74) is 3.85. The van der Waals surface area contributed by atoms with Crippen LogP contribution in [0, 0.1) is 18.8 Å². The normalized spacial score (nSPS) is 10.3. The van der Waals surface area contributed by atoms with Gasteiger partial charge in [0.1, 0.15) is 0 Å². The molecular formula is C21H23N3O2. The molecule has 0 saturated carbocycles. The van der Waals surface area contributed by atoms with Crippen LogP contribution in [0.25, 0.3) is 12.2 Å². The molecule has 2 aromatic rings. The van der Waals surface area contributed by atoms with Crippen LogP contribution in [0.4, 0.5) is 5.69 Å². The van der Waals surface area contributed by atoms with Crippen LogP contribution in [0.2, 0.25) is 0 Å². The van der Waals surface area contributed by atoms with Gasteiger partial charge in [0, 0.05) is 31.3 Å². The van der Waals surface area contributed by atoms with E-state index in [0.29, 0.717) is 25.1 Å². The molecule has 0 radical (unpaired) electrons. The Morgan fingerprint density at radius 1 is 1.23 bits per heavy atom. The van der Waals surface area contributed by atoms with Gasteiger partial charge >= 0.3 is 5.97 Å². The maximum Gasteiger partial charge on any atom is 0.305 e. The molecule has 1 N–H and O–H groups in total. The van der Waals surface area contributed by atoms with Crippen LogP contribution in [0.3, 0.4) is 0 Å². The molecule has 134 valence electrons. The Labute approximate surface area is 154 Å². The molecule has 0 amide bonds. The van der Waals surface area contributed by atoms with Crippen LogP contribution >= 0.6 is 0 Å². The highest BCUT2D eigenvalue weighted by Gasteiger charge is 1.99. The van der Waals surface area contributed by atoms with E-state index in [-0.39, 0.29) is 5.97 Å². The number of hydrogen-bond acceptors (Lipinski definition) is 5. The van der Waals surface area contributed by atoms with Crippen molar-refractivity contribution in [2.75, 3.05) is 19.5 Å². The van der Waals surface area contributed by atoms with Gasteiger partial charge in [-0.15, -0.1) is 0 Å². The predicted molar refractivity (Wildman–Crippen MR) is 104 cm³/mol. The topological polar surface area (TPSA) is 64.1 Å². The highest BCUT2D eigenvalue weighted by Crippen LogP contribution is 2.12. The molecule has 0 aliphatic carbocycles. The lowest BCUT2D eigenvalue weighted by Crippen LogP contribution is -1.98. The highest BCUT2D eigenvalue weighted by molar-refractivity contribution is 5.69. The first-order chi connectivity index (χ1) is 12.6. The zero-order valence-electron chi connectivity index (χ0n) is 15.4. The van der Waals surface area contributed by atoms with Crippen molar-refractivity contribution in [1.82, 2.24) is 9.97 Å². The molecular weight excluding hydrogens is 326 g/mol. The number of nitrogens with one attached hydrogen (secondary N) is 1. The van der Waals surface area contributed by atoms with Crippen molar-refractivity contribution < 1.29 is 9.53 Å². The second-order valence-electron chi connectivity index (χ2n) is 5.69. The average Bonchev–Trinajstić information content (AvgIpc) is 2.66. The summed E-state index contributed by atoms with van der Waals surface area (Å²) in [6.45, 7) is 1.92. The Morgan fingerprint density at radius 2 is 2.00 bits per heavy atom. The van der Waals surface area contributed by atoms with Gasteiger partial charge in [-0.2, -0.15) is 0 Å². The van der Waals surface area contributed by atoms with Gasteiger partial charge in [-0.05, 0) is 49.1 Å². The highest BCUT2D eigenvalue weighted by atomic mass is 16.5. The minimum absolute atomic E-state index is 0.214. The van der Waals surface area contributed by atoms with Crippen molar-refractivity contribution in [2.45, 2.75) is 26.2 Å². The first kappa shape index (κ1) is 19.2. The molecule has 5 heteroatoms. The molecule has 5 nitrogen and oxygen atoms in total. The Balaban J connectivity index is 2.02. The third-order valence-electron chi connectivity index (χ3n) is 3.63. The fraction of sp³-hybridized carbons (Fsp3) is 0.286. The van der Waals surface area contributed by atoms with Crippen LogP contribution in [-0.4, -0.2) is 30.1 Å². The van der Waals surface area contributed by atoms with Gasteiger partial charge in [0.2, 0.25) is 5.82 Å². The summed E-state index contributed by atoms with van der Waals surface area (Å²) in [5, 5.41) is 3.10. The van der Waals surface area contributed by atoms with Crippen LogP contribution in [0.5, 0.6) is 0 Å². The van der Waals surface area contributed by atoms with Crippen molar-refractivity contribution in [3.8, 4) is 11.8 Å². The summed E-state index contributed by atoms with van der Waals surface area (Å²) in [6.07, 6.45) is 5.61. The quantitative estimate of drug-likeness (QED) is 0.489. The van der Waals surface area contributed by atoms with Crippen molar-refractivity contribution in [2.24, 2.45) is 0 Å². The van der Waals surface area contributed by atoms with Gasteiger partial charge in [-0.25, -0.2) is 9.97 Å². The SMILES string of the molecule is CNc1ccc(/C=C/c2cc(C)nc(C#CCCCC(=O)OC)n2)cc1. The molecule has 1 aromatic carbocycles. The average molecular weight is 349 g/mol. The van der Waals surface area contributed by atoms with Crippen molar-refractivity contribution in [3.05, 3.63) is 53.1 Å². The number of nitrogens with zero attached hydrogens (tertiary/aromatic N) is 2. The van der Waals surface area contributed by atoms with E-state index in [0.717, 1.165) is 22.6 Å². The second kappa shape index (κ2) is 10.00. The summed E-state index contributed by atoms with van der Waals surface area (Å²) in [5.74, 6) is 6.25. The smallest absolute Gasteiger partial charge is 0.305 e.